The number of halogens is 2. The van der Waals surface area contributed by atoms with Crippen LogP contribution in [0.25, 0.3) is 0 Å². The molecular formula is C19H17BrFN3O. The summed E-state index contributed by atoms with van der Waals surface area (Å²) in [4.78, 5) is 12.4. The van der Waals surface area contributed by atoms with E-state index in [4.69, 9.17) is 0 Å². The third-order valence-electron chi connectivity index (χ3n) is 3.97. The highest BCUT2D eigenvalue weighted by Gasteiger charge is 2.15. The minimum atomic E-state index is -0.264. The summed E-state index contributed by atoms with van der Waals surface area (Å²) in [6.07, 6.45) is 0. The Labute approximate surface area is 153 Å². The maximum Gasteiger partial charge on any atom is 0.255 e. The lowest BCUT2D eigenvalue weighted by Crippen LogP contribution is -2.13. The Morgan fingerprint density at radius 2 is 1.76 bits per heavy atom. The van der Waals surface area contributed by atoms with Gasteiger partial charge >= 0.3 is 0 Å². The molecule has 1 aromatic heterocycles. The number of hydrogen-bond acceptors (Lipinski definition) is 2. The molecule has 3 aromatic rings. The van der Waals surface area contributed by atoms with Crippen LogP contribution in [0.15, 0.2) is 53.0 Å². The quantitative estimate of drug-likeness (QED) is 0.688. The van der Waals surface area contributed by atoms with Crippen LogP contribution in [-0.2, 0) is 6.54 Å². The standard InChI is InChI=1S/C19H17BrFN3O/c1-12-18(22-19(25)15-5-7-16(20)8-6-15)13(2)24(23-12)11-14-3-9-17(21)10-4-14/h3-10H,11H2,1-2H3,(H,22,25). The molecule has 0 aliphatic heterocycles. The Kier molecular flexibility index (Phi) is 4.99. The van der Waals surface area contributed by atoms with Crippen LogP contribution in [0.5, 0.6) is 0 Å². The van der Waals surface area contributed by atoms with E-state index >= 15 is 0 Å². The number of carbonyl (C=O) groups is 1. The number of nitrogens with one attached hydrogen (secondary N) is 1. The van der Waals surface area contributed by atoms with Crippen molar-refractivity contribution < 1.29 is 9.18 Å². The molecule has 0 spiro atoms. The molecule has 0 radical (unpaired) electrons. The van der Waals surface area contributed by atoms with Crippen LogP contribution in [0.2, 0.25) is 0 Å². The highest BCUT2D eigenvalue weighted by atomic mass is 79.9. The van der Waals surface area contributed by atoms with Crippen molar-refractivity contribution >= 4 is 27.5 Å². The van der Waals surface area contributed by atoms with Gasteiger partial charge in [-0.15, -0.1) is 0 Å². The molecule has 0 fully saturated rings. The van der Waals surface area contributed by atoms with Crippen molar-refractivity contribution in [2.24, 2.45) is 0 Å². The van der Waals surface area contributed by atoms with Gasteiger partial charge in [-0.25, -0.2) is 4.39 Å². The molecule has 0 aliphatic rings. The summed E-state index contributed by atoms with van der Waals surface area (Å²) >= 11 is 3.36. The van der Waals surface area contributed by atoms with Gasteiger partial charge in [-0.05, 0) is 55.8 Å². The number of amides is 1. The summed E-state index contributed by atoms with van der Waals surface area (Å²) in [7, 11) is 0. The van der Waals surface area contributed by atoms with Crippen molar-refractivity contribution in [1.82, 2.24) is 9.78 Å². The molecule has 0 atom stereocenters. The molecule has 6 heteroatoms. The molecule has 25 heavy (non-hydrogen) atoms. The summed E-state index contributed by atoms with van der Waals surface area (Å²) < 4.78 is 15.8. The number of benzene rings is 2. The largest absolute Gasteiger partial charge is 0.319 e. The Bertz CT molecular complexity index is 902. The lowest BCUT2D eigenvalue weighted by Gasteiger charge is -2.08. The van der Waals surface area contributed by atoms with E-state index in [9.17, 15) is 9.18 Å². The van der Waals surface area contributed by atoms with Crippen LogP contribution in [-0.4, -0.2) is 15.7 Å². The molecule has 0 aliphatic carbocycles. The molecule has 2 aromatic carbocycles. The fourth-order valence-corrected chi connectivity index (χ4v) is 2.85. The first-order chi connectivity index (χ1) is 11.9. The van der Waals surface area contributed by atoms with E-state index in [0.29, 0.717) is 17.8 Å². The SMILES string of the molecule is Cc1nn(Cc2ccc(F)cc2)c(C)c1NC(=O)c1ccc(Br)cc1. The molecule has 1 N–H and O–H groups in total. The number of aromatic nitrogens is 2. The summed E-state index contributed by atoms with van der Waals surface area (Å²) in [5.41, 5.74) is 3.82. The first-order valence-electron chi connectivity index (χ1n) is 7.79. The number of carbonyl (C=O) groups excluding carboxylic acids is 1. The Hall–Kier alpha value is -2.47. The highest BCUT2D eigenvalue weighted by Crippen LogP contribution is 2.22. The molecule has 4 nitrogen and oxygen atoms in total. The molecule has 128 valence electrons. The van der Waals surface area contributed by atoms with Crippen LogP contribution in [0.4, 0.5) is 10.1 Å². The third kappa shape index (κ3) is 3.96. The van der Waals surface area contributed by atoms with E-state index < -0.39 is 0 Å². The first kappa shape index (κ1) is 17.4. The van der Waals surface area contributed by atoms with Crippen LogP contribution in [0, 0.1) is 19.7 Å². The minimum Gasteiger partial charge on any atom is -0.319 e. The predicted molar refractivity (Wildman–Crippen MR) is 99.3 cm³/mol. The Morgan fingerprint density at radius 1 is 1.12 bits per heavy atom. The van der Waals surface area contributed by atoms with Crippen LogP contribution in [0.1, 0.15) is 27.3 Å². The van der Waals surface area contributed by atoms with Crippen molar-refractivity contribution in [2.75, 3.05) is 5.32 Å². The van der Waals surface area contributed by atoms with Gasteiger partial charge in [-0.1, -0.05) is 28.1 Å². The van der Waals surface area contributed by atoms with Gasteiger partial charge in [0.25, 0.3) is 5.91 Å². The molecule has 1 amide bonds. The van der Waals surface area contributed by atoms with E-state index in [1.807, 2.05) is 26.0 Å². The molecule has 0 unspecified atom stereocenters. The van der Waals surface area contributed by atoms with Crippen molar-refractivity contribution in [2.45, 2.75) is 20.4 Å². The average Bonchev–Trinajstić information content (AvgIpc) is 2.85. The molecular weight excluding hydrogens is 385 g/mol. The molecule has 0 bridgehead atoms. The molecule has 1 heterocycles. The van der Waals surface area contributed by atoms with Gasteiger partial charge in [0.1, 0.15) is 5.82 Å². The van der Waals surface area contributed by atoms with E-state index in [-0.39, 0.29) is 11.7 Å². The molecule has 3 rings (SSSR count). The van der Waals surface area contributed by atoms with E-state index in [0.717, 1.165) is 21.4 Å². The van der Waals surface area contributed by atoms with Gasteiger partial charge in [0.15, 0.2) is 0 Å². The second kappa shape index (κ2) is 7.19. The smallest absolute Gasteiger partial charge is 0.255 e. The predicted octanol–water partition coefficient (Wildman–Crippen LogP) is 4.70. The topological polar surface area (TPSA) is 46.9 Å². The zero-order chi connectivity index (χ0) is 18.0. The molecule has 0 saturated carbocycles. The van der Waals surface area contributed by atoms with Crippen LogP contribution >= 0.6 is 15.9 Å². The van der Waals surface area contributed by atoms with Crippen molar-refractivity contribution in [3.05, 3.63) is 81.3 Å². The lowest BCUT2D eigenvalue weighted by molar-refractivity contribution is 0.102. The number of rotatable bonds is 4. The first-order valence-corrected chi connectivity index (χ1v) is 8.58. The second-order valence-corrected chi connectivity index (χ2v) is 6.71. The van der Waals surface area contributed by atoms with Gasteiger partial charge < -0.3 is 5.32 Å². The van der Waals surface area contributed by atoms with E-state index in [1.165, 1.54) is 12.1 Å². The van der Waals surface area contributed by atoms with E-state index in [2.05, 4.69) is 26.3 Å². The van der Waals surface area contributed by atoms with Gasteiger partial charge in [-0.2, -0.15) is 5.10 Å². The number of aryl methyl sites for hydroxylation is 1. The number of hydrogen-bond donors (Lipinski definition) is 1. The van der Waals surface area contributed by atoms with Gasteiger partial charge in [0.2, 0.25) is 0 Å². The highest BCUT2D eigenvalue weighted by molar-refractivity contribution is 9.10. The van der Waals surface area contributed by atoms with Crippen molar-refractivity contribution in [3.63, 3.8) is 0 Å². The fraction of sp³-hybridized carbons (Fsp3) is 0.158. The van der Waals surface area contributed by atoms with Crippen molar-refractivity contribution in [1.29, 1.82) is 0 Å². The van der Waals surface area contributed by atoms with Gasteiger partial charge in [0, 0.05) is 10.0 Å². The summed E-state index contributed by atoms with van der Waals surface area (Å²) in [6, 6.07) is 13.5. The fourth-order valence-electron chi connectivity index (χ4n) is 2.58. The summed E-state index contributed by atoms with van der Waals surface area (Å²) in [5, 5.41) is 7.42. The Balaban J connectivity index is 1.80. The zero-order valence-electron chi connectivity index (χ0n) is 13.9. The Morgan fingerprint density at radius 3 is 2.40 bits per heavy atom. The normalized spacial score (nSPS) is 10.7. The number of nitrogens with zero attached hydrogens (tertiary/aromatic N) is 2. The summed E-state index contributed by atoms with van der Waals surface area (Å²) in [5.74, 6) is -0.445. The van der Waals surface area contributed by atoms with Gasteiger partial charge in [0.05, 0.1) is 23.6 Å². The average molecular weight is 402 g/mol. The third-order valence-corrected chi connectivity index (χ3v) is 4.50. The molecule has 0 saturated heterocycles. The minimum absolute atomic E-state index is 0.181. The number of anilines is 1. The zero-order valence-corrected chi connectivity index (χ0v) is 15.5. The maximum atomic E-state index is 13.0. The van der Waals surface area contributed by atoms with Crippen LogP contribution < -0.4 is 5.32 Å². The second-order valence-electron chi connectivity index (χ2n) is 5.79. The maximum absolute atomic E-state index is 13.0. The van der Waals surface area contributed by atoms with E-state index in [1.54, 1.807) is 28.9 Å². The van der Waals surface area contributed by atoms with Gasteiger partial charge in [-0.3, -0.25) is 9.48 Å². The summed E-state index contributed by atoms with van der Waals surface area (Å²) in [6.45, 7) is 4.27. The van der Waals surface area contributed by atoms with Crippen LogP contribution in [0.3, 0.4) is 0 Å². The monoisotopic (exact) mass is 401 g/mol. The lowest BCUT2D eigenvalue weighted by atomic mass is 10.2. The van der Waals surface area contributed by atoms with Crippen molar-refractivity contribution in [3.8, 4) is 0 Å².